The van der Waals surface area contributed by atoms with Crippen LogP contribution >= 0.6 is 0 Å². The lowest BCUT2D eigenvalue weighted by Gasteiger charge is -2.35. The molecule has 6 nitrogen and oxygen atoms in total. The predicted molar refractivity (Wildman–Crippen MR) is 82.1 cm³/mol. The highest BCUT2D eigenvalue weighted by Gasteiger charge is 2.26. The summed E-state index contributed by atoms with van der Waals surface area (Å²) in [6.45, 7) is 5.30. The molecule has 0 radical (unpaired) electrons. The molecule has 0 aromatic heterocycles. The number of nitrogens with zero attached hydrogens (tertiary/aromatic N) is 1. The number of ether oxygens (including phenoxy) is 1. The molecule has 1 aliphatic rings. The van der Waals surface area contributed by atoms with E-state index in [2.05, 4.69) is 5.32 Å². The zero-order valence-corrected chi connectivity index (χ0v) is 12.5. The van der Waals surface area contributed by atoms with Crippen molar-refractivity contribution in [2.45, 2.75) is 26.1 Å². The highest BCUT2D eigenvalue weighted by atomic mass is 16.5. The second-order valence-electron chi connectivity index (χ2n) is 5.53. The molecule has 1 saturated heterocycles. The molecule has 4 N–H and O–H groups in total. The first kappa shape index (κ1) is 15.8. The van der Waals surface area contributed by atoms with Crippen LogP contribution in [0.4, 0.5) is 11.4 Å². The number of morpholine rings is 1. The fourth-order valence-electron chi connectivity index (χ4n) is 2.61. The Morgan fingerprint density at radius 3 is 2.95 bits per heavy atom. The molecule has 0 bridgehead atoms. The zero-order chi connectivity index (χ0) is 15.4. The summed E-state index contributed by atoms with van der Waals surface area (Å²) in [6, 6.07) is 5.53. The summed E-state index contributed by atoms with van der Waals surface area (Å²) >= 11 is 0. The first-order chi connectivity index (χ1) is 9.99. The standard InChI is InChI=1S/C15H23N3O3/c1-10-4-3-5-13(16)15(10)17-14(20)8-18-6-11(2)21-12(7-18)9-19/h3-5,11-12,19H,6-9,16H2,1-2H3,(H,17,20). The maximum absolute atomic E-state index is 12.2. The Kier molecular flexibility index (Phi) is 5.17. The molecule has 1 aromatic carbocycles. The average Bonchev–Trinajstić information content (AvgIpc) is 2.42. The van der Waals surface area contributed by atoms with Gasteiger partial charge < -0.3 is 20.9 Å². The maximum atomic E-state index is 12.2. The summed E-state index contributed by atoms with van der Waals surface area (Å²) in [5.41, 5.74) is 8.06. The largest absolute Gasteiger partial charge is 0.397 e. The van der Waals surface area contributed by atoms with Gasteiger partial charge in [0.25, 0.3) is 0 Å². The third-order valence-corrected chi connectivity index (χ3v) is 3.54. The SMILES string of the molecule is Cc1cccc(N)c1NC(=O)CN1CC(C)OC(CO)C1. The van der Waals surface area contributed by atoms with Crippen molar-refractivity contribution in [2.75, 3.05) is 37.3 Å². The second kappa shape index (κ2) is 6.89. The minimum absolute atomic E-state index is 0.00670. The number of nitrogens with two attached hydrogens (primary N) is 1. The van der Waals surface area contributed by atoms with Crippen molar-refractivity contribution in [1.82, 2.24) is 4.90 Å². The number of carbonyl (C=O) groups is 1. The topological polar surface area (TPSA) is 87.8 Å². The lowest BCUT2D eigenvalue weighted by atomic mass is 10.1. The van der Waals surface area contributed by atoms with E-state index < -0.39 is 0 Å². The quantitative estimate of drug-likeness (QED) is 0.708. The predicted octanol–water partition coefficient (Wildman–Crippen LogP) is 0.597. The van der Waals surface area contributed by atoms with E-state index in [1.54, 1.807) is 6.07 Å². The summed E-state index contributed by atoms with van der Waals surface area (Å²) in [5.74, 6) is -0.109. The van der Waals surface area contributed by atoms with Crippen LogP contribution in [0.25, 0.3) is 0 Å². The van der Waals surface area contributed by atoms with Gasteiger partial charge in [-0.05, 0) is 25.5 Å². The van der Waals surface area contributed by atoms with Gasteiger partial charge in [-0.15, -0.1) is 0 Å². The zero-order valence-electron chi connectivity index (χ0n) is 12.5. The van der Waals surface area contributed by atoms with Crippen LogP contribution in [0, 0.1) is 6.92 Å². The lowest BCUT2D eigenvalue weighted by molar-refractivity contribution is -0.124. The van der Waals surface area contributed by atoms with E-state index in [-0.39, 0.29) is 31.3 Å². The molecule has 21 heavy (non-hydrogen) atoms. The Labute approximate surface area is 124 Å². The number of hydrogen-bond donors (Lipinski definition) is 3. The molecule has 0 spiro atoms. The molecular weight excluding hydrogens is 270 g/mol. The number of aliphatic hydroxyl groups excluding tert-OH is 1. The smallest absolute Gasteiger partial charge is 0.238 e. The Morgan fingerprint density at radius 2 is 2.29 bits per heavy atom. The van der Waals surface area contributed by atoms with Crippen LogP contribution < -0.4 is 11.1 Å². The van der Waals surface area contributed by atoms with Crippen molar-refractivity contribution in [3.63, 3.8) is 0 Å². The van der Waals surface area contributed by atoms with Crippen molar-refractivity contribution in [1.29, 1.82) is 0 Å². The number of carbonyl (C=O) groups excluding carboxylic acids is 1. The van der Waals surface area contributed by atoms with Crippen LogP contribution in [0.3, 0.4) is 0 Å². The molecule has 0 aliphatic carbocycles. The van der Waals surface area contributed by atoms with Crippen molar-refractivity contribution in [2.24, 2.45) is 0 Å². The van der Waals surface area contributed by atoms with Gasteiger partial charge in [0.1, 0.15) is 0 Å². The number of aliphatic hydroxyl groups is 1. The molecule has 116 valence electrons. The Hall–Kier alpha value is -1.63. The molecule has 1 heterocycles. The number of nitrogen functional groups attached to an aromatic ring is 1. The van der Waals surface area contributed by atoms with Crippen molar-refractivity contribution in [3.8, 4) is 0 Å². The van der Waals surface area contributed by atoms with Gasteiger partial charge in [0.15, 0.2) is 0 Å². The van der Waals surface area contributed by atoms with Gasteiger partial charge in [0.05, 0.1) is 36.7 Å². The second-order valence-corrected chi connectivity index (χ2v) is 5.53. The fourth-order valence-corrected chi connectivity index (χ4v) is 2.61. The molecule has 0 saturated carbocycles. The highest BCUT2D eigenvalue weighted by molar-refractivity contribution is 5.96. The maximum Gasteiger partial charge on any atom is 0.238 e. The van der Waals surface area contributed by atoms with Crippen molar-refractivity contribution in [3.05, 3.63) is 23.8 Å². The number of benzene rings is 1. The third-order valence-electron chi connectivity index (χ3n) is 3.54. The van der Waals surface area contributed by atoms with Gasteiger partial charge in [-0.3, -0.25) is 9.69 Å². The number of hydrogen-bond acceptors (Lipinski definition) is 5. The van der Waals surface area contributed by atoms with Crippen molar-refractivity contribution >= 4 is 17.3 Å². The minimum atomic E-state index is -0.231. The summed E-state index contributed by atoms with van der Waals surface area (Å²) in [7, 11) is 0. The van der Waals surface area contributed by atoms with Crippen LogP contribution in [0.1, 0.15) is 12.5 Å². The van der Waals surface area contributed by atoms with Crippen LogP contribution in [-0.4, -0.2) is 54.4 Å². The van der Waals surface area contributed by atoms with Crippen LogP contribution in [-0.2, 0) is 9.53 Å². The van der Waals surface area contributed by atoms with Crippen molar-refractivity contribution < 1.29 is 14.6 Å². The van der Waals surface area contributed by atoms with E-state index in [0.717, 1.165) is 5.56 Å². The van der Waals surface area contributed by atoms with Crippen LogP contribution in [0.5, 0.6) is 0 Å². The van der Waals surface area contributed by atoms with E-state index in [9.17, 15) is 9.90 Å². The molecule has 1 aliphatic heterocycles. The molecule has 1 fully saturated rings. The number of amides is 1. The van der Waals surface area contributed by atoms with Gasteiger partial charge in [0.2, 0.25) is 5.91 Å². The molecule has 6 heteroatoms. The molecule has 2 unspecified atom stereocenters. The van der Waals surface area contributed by atoms with E-state index in [0.29, 0.717) is 24.5 Å². The Bertz CT molecular complexity index is 487. The van der Waals surface area contributed by atoms with Crippen LogP contribution in [0.15, 0.2) is 18.2 Å². The van der Waals surface area contributed by atoms with Crippen LogP contribution in [0.2, 0.25) is 0 Å². The van der Waals surface area contributed by atoms with Gasteiger partial charge in [0, 0.05) is 13.1 Å². The molecule has 2 rings (SSSR count). The summed E-state index contributed by atoms with van der Waals surface area (Å²) in [6.07, 6.45) is -0.225. The molecular formula is C15H23N3O3. The number of nitrogens with one attached hydrogen (secondary N) is 1. The van der Waals surface area contributed by atoms with E-state index in [1.807, 2.05) is 30.9 Å². The highest BCUT2D eigenvalue weighted by Crippen LogP contribution is 2.22. The van der Waals surface area contributed by atoms with Gasteiger partial charge >= 0.3 is 0 Å². The summed E-state index contributed by atoms with van der Waals surface area (Å²) in [4.78, 5) is 14.2. The first-order valence-electron chi connectivity index (χ1n) is 7.13. The number of anilines is 2. The molecule has 1 aromatic rings. The number of para-hydroxylation sites is 1. The van der Waals surface area contributed by atoms with E-state index in [1.165, 1.54) is 0 Å². The third kappa shape index (κ3) is 4.17. The number of rotatable bonds is 4. The Morgan fingerprint density at radius 1 is 1.52 bits per heavy atom. The van der Waals surface area contributed by atoms with Gasteiger partial charge in [-0.2, -0.15) is 0 Å². The average molecular weight is 293 g/mol. The molecule has 1 amide bonds. The van der Waals surface area contributed by atoms with Gasteiger partial charge in [-0.1, -0.05) is 12.1 Å². The summed E-state index contributed by atoms with van der Waals surface area (Å²) < 4.78 is 5.56. The fraction of sp³-hybridized carbons (Fsp3) is 0.533. The van der Waals surface area contributed by atoms with Gasteiger partial charge in [-0.25, -0.2) is 0 Å². The Balaban J connectivity index is 1.95. The monoisotopic (exact) mass is 293 g/mol. The summed E-state index contributed by atoms with van der Waals surface area (Å²) in [5, 5.41) is 12.1. The lowest BCUT2D eigenvalue weighted by Crippen LogP contribution is -2.50. The van der Waals surface area contributed by atoms with E-state index in [4.69, 9.17) is 10.5 Å². The minimum Gasteiger partial charge on any atom is -0.397 e. The molecule has 2 atom stereocenters. The van der Waals surface area contributed by atoms with E-state index >= 15 is 0 Å². The normalized spacial score (nSPS) is 23.0. The number of aryl methyl sites for hydroxylation is 1. The first-order valence-corrected chi connectivity index (χ1v) is 7.13.